The average molecular weight is 621 g/mol. The highest BCUT2D eigenvalue weighted by Crippen LogP contribution is 2.54. The van der Waals surface area contributed by atoms with Gasteiger partial charge in [-0.15, -0.1) is 0 Å². The van der Waals surface area contributed by atoms with E-state index in [-0.39, 0.29) is 34.0 Å². The van der Waals surface area contributed by atoms with Gasteiger partial charge < -0.3 is 4.90 Å². The second-order valence-electron chi connectivity index (χ2n) is 12.8. The van der Waals surface area contributed by atoms with Gasteiger partial charge in [-0.05, 0) is 79.3 Å². The van der Waals surface area contributed by atoms with E-state index in [0.717, 1.165) is 38.9 Å². The third kappa shape index (κ3) is 4.47. The van der Waals surface area contributed by atoms with Gasteiger partial charge in [-0.3, -0.25) is 0 Å². The van der Waals surface area contributed by atoms with Gasteiger partial charge in [0.2, 0.25) is 0 Å². The van der Waals surface area contributed by atoms with Gasteiger partial charge in [0.1, 0.15) is 0 Å². The van der Waals surface area contributed by atoms with Gasteiger partial charge in [-0.25, -0.2) is 0 Å². The minimum Gasteiger partial charge on any atom is -0.309 e. The number of hydrogen-bond acceptors (Lipinski definition) is 1. The Morgan fingerprint density at radius 2 is 1.08 bits per heavy atom. The fraction of sp³-hybridized carbons (Fsp3) is 0.0638. The van der Waals surface area contributed by atoms with Gasteiger partial charge in [-0.2, -0.15) is 0 Å². The third-order valence-electron chi connectivity index (χ3n) is 9.79. The maximum Gasteiger partial charge on any atom is 0.0645 e. The van der Waals surface area contributed by atoms with Crippen molar-refractivity contribution in [2.75, 3.05) is 4.90 Å². The Kier molecular flexibility index (Phi) is 5.04. The second-order valence-corrected chi connectivity index (χ2v) is 12.8. The van der Waals surface area contributed by atoms with Crippen molar-refractivity contribution in [3.8, 4) is 33.4 Å². The Hall–Kier alpha value is -5.92. The molecule has 0 radical (unpaired) electrons. The highest BCUT2D eigenvalue weighted by molar-refractivity contribution is 6.03. The lowest BCUT2D eigenvalue weighted by atomic mass is 9.82. The molecule has 0 saturated heterocycles. The van der Waals surface area contributed by atoms with Crippen LogP contribution >= 0.6 is 0 Å². The van der Waals surface area contributed by atoms with Crippen LogP contribution in [0.4, 0.5) is 17.1 Å². The summed E-state index contributed by atoms with van der Waals surface area (Å²) >= 11 is 0. The number of benzene rings is 8. The lowest BCUT2D eigenvalue weighted by molar-refractivity contribution is 0.660. The molecule has 0 saturated carbocycles. The van der Waals surface area contributed by atoms with E-state index in [1.807, 2.05) is 59.5 Å². The van der Waals surface area contributed by atoms with Crippen molar-refractivity contribution in [2.24, 2.45) is 0 Å². The van der Waals surface area contributed by atoms with Crippen molar-refractivity contribution in [1.82, 2.24) is 0 Å². The molecule has 9 rings (SSSR count). The van der Waals surface area contributed by atoms with Crippen LogP contribution in [-0.4, -0.2) is 0 Å². The Labute approximate surface area is 292 Å². The van der Waals surface area contributed by atoms with Crippen LogP contribution in [0.25, 0.3) is 54.9 Å². The van der Waals surface area contributed by atoms with Crippen LogP contribution in [-0.2, 0) is 5.41 Å². The van der Waals surface area contributed by atoms with E-state index >= 15 is 0 Å². The molecule has 1 aliphatic rings. The van der Waals surface area contributed by atoms with Crippen molar-refractivity contribution >= 4 is 38.6 Å². The fourth-order valence-corrected chi connectivity index (χ4v) is 7.40. The van der Waals surface area contributed by atoms with Crippen LogP contribution in [0.1, 0.15) is 34.6 Å². The van der Waals surface area contributed by atoms with Crippen molar-refractivity contribution in [2.45, 2.75) is 19.3 Å². The Morgan fingerprint density at radius 3 is 1.94 bits per heavy atom. The Bertz CT molecular complexity index is 2850. The molecule has 0 N–H and O–H groups in total. The SMILES string of the molecule is [2H]c1c([2H])c([2H])c2c(N(c3ccc(-c4ccc(-c5cccc6ccccc56)cc4)cc3)c3cccc4c3-c3ccccc3C4(C)C)c([2H])c([2H])c([2H])c2c1[2H]. The third-order valence-corrected chi connectivity index (χ3v) is 9.79. The molecule has 1 aliphatic carbocycles. The average Bonchev–Trinajstić information content (AvgIpc) is 3.45. The summed E-state index contributed by atoms with van der Waals surface area (Å²) in [5, 5.41) is 2.34. The maximum absolute atomic E-state index is 9.37. The summed E-state index contributed by atoms with van der Waals surface area (Å²) in [6.07, 6.45) is 0. The summed E-state index contributed by atoms with van der Waals surface area (Å²) in [6, 6.07) is 42.6. The van der Waals surface area contributed by atoms with Gasteiger partial charge in [0.05, 0.1) is 21.0 Å². The number of fused-ring (bicyclic) bond motifs is 5. The van der Waals surface area contributed by atoms with Crippen molar-refractivity contribution < 1.29 is 9.60 Å². The second kappa shape index (κ2) is 11.1. The minimum atomic E-state index is -0.479. The zero-order valence-corrected chi connectivity index (χ0v) is 26.6. The first-order chi connectivity index (χ1) is 26.5. The molecule has 0 heterocycles. The van der Waals surface area contributed by atoms with Gasteiger partial charge >= 0.3 is 0 Å². The fourth-order valence-electron chi connectivity index (χ4n) is 7.40. The maximum atomic E-state index is 9.37. The van der Waals surface area contributed by atoms with Crippen molar-refractivity contribution in [1.29, 1.82) is 0 Å². The lowest BCUT2D eigenvalue weighted by Gasteiger charge is -2.30. The van der Waals surface area contributed by atoms with Gasteiger partial charge in [-0.1, -0.05) is 165 Å². The van der Waals surface area contributed by atoms with Crippen molar-refractivity contribution in [3.05, 3.63) is 187 Å². The largest absolute Gasteiger partial charge is 0.309 e. The van der Waals surface area contributed by atoms with Gasteiger partial charge in [0, 0.05) is 22.1 Å². The van der Waals surface area contributed by atoms with E-state index in [4.69, 9.17) is 8.22 Å². The molecule has 0 aromatic heterocycles. The number of anilines is 3. The molecule has 48 heavy (non-hydrogen) atoms. The molecule has 0 fully saturated rings. The summed E-state index contributed by atoms with van der Waals surface area (Å²) < 4.78 is 62.1. The normalized spacial score (nSPS) is 15.0. The zero-order valence-electron chi connectivity index (χ0n) is 33.6. The first-order valence-electron chi connectivity index (χ1n) is 19.7. The highest BCUT2D eigenvalue weighted by atomic mass is 15.1. The molecule has 228 valence electrons. The number of hydrogen-bond donors (Lipinski definition) is 0. The predicted octanol–water partition coefficient (Wildman–Crippen LogP) is 13.1. The first kappa shape index (κ1) is 21.8. The molecular weight excluding hydrogens is 579 g/mol. The molecule has 1 heteroatoms. The molecule has 0 aliphatic heterocycles. The molecule has 0 bridgehead atoms. The molecular formula is C47H35N. The first-order valence-corrected chi connectivity index (χ1v) is 16.2. The standard InChI is InChI=1S/C47H35N/c1-47(2)42-20-8-7-18-41(42)46-43(47)21-11-23-45(46)48(44-22-10-15-35-13-4-6-17-40(35)44)37-30-28-33(29-31-37)32-24-26-36(27-25-32)39-19-9-14-34-12-3-5-16-38(34)39/h3-31H,1-2H3/i4D,6D,10D,13D,15D,17D,22D. The Morgan fingerprint density at radius 1 is 0.458 bits per heavy atom. The molecule has 0 spiro atoms. The molecule has 8 aromatic rings. The lowest BCUT2D eigenvalue weighted by Crippen LogP contribution is -2.16. The molecule has 0 amide bonds. The molecule has 0 atom stereocenters. The summed E-state index contributed by atoms with van der Waals surface area (Å²) in [4.78, 5) is 1.85. The van der Waals surface area contributed by atoms with E-state index in [9.17, 15) is 1.37 Å². The van der Waals surface area contributed by atoms with Gasteiger partial charge in [0.15, 0.2) is 0 Å². The van der Waals surface area contributed by atoms with E-state index in [2.05, 4.69) is 92.7 Å². The topological polar surface area (TPSA) is 3.24 Å². The summed E-state index contributed by atoms with van der Waals surface area (Å²) in [6.45, 7) is 4.37. The van der Waals surface area contributed by atoms with Crippen LogP contribution in [0.2, 0.25) is 0 Å². The van der Waals surface area contributed by atoms with E-state index in [1.54, 1.807) is 0 Å². The minimum absolute atomic E-state index is 0.0354. The summed E-state index contributed by atoms with van der Waals surface area (Å²) in [5.74, 6) is 0. The van der Waals surface area contributed by atoms with Crippen LogP contribution < -0.4 is 4.90 Å². The van der Waals surface area contributed by atoms with Gasteiger partial charge in [0.25, 0.3) is 0 Å². The number of rotatable bonds is 5. The Balaban J connectivity index is 1.25. The zero-order chi connectivity index (χ0) is 38.3. The molecule has 8 aromatic carbocycles. The highest BCUT2D eigenvalue weighted by Gasteiger charge is 2.37. The predicted molar refractivity (Wildman–Crippen MR) is 205 cm³/mol. The van der Waals surface area contributed by atoms with Crippen LogP contribution in [0, 0.1) is 0 Å². The van der Waals surface area contributed by atoms with E-state index in [1.165, 1.54) is 16.3 Å². The smallest absolute Gasteiger partial charge is 0.0645 e. The van der Waals surface area contributed by atoms with Crippen LogP contribution in [0.15, 0.2) is 176 Å². The van der Waals surface area contributed by atoms with Crippen LogP contribution in [0.5, 0.6) is 0 Å². The van der Waals surface area contributed by atoms with Crippen molar-refractivity contribution in [3.63, 3.8) is 0 Å². The molecule has 0 unspecified atom stereocenters. The van der Waals surface area contributed by atoms with E-state index < -0.39 is 30.2 Å². The van der Waals surface area contributed by atoms with Crippen LogP contribution in [0.3, 0.4) is 0 Å². The summed E-state index contributed by atoms with van der Waals surface area (Å²) in [7, 11) is 0. The van der Waals surface area contributed by atoms with E-state index in [0.29, 0.717) is 11.4 Å². The molecule has 1 nitrogen and oxygen atoms in total. The quantitative estimate of drug-likeness (QED) is 0.185. The monoisotopic (exact) mass is 620 g/mol. The summed E-state index contributed by atoms with van der Waals surface area (Å²) in [5.41, 5.74) is 9.64. The number of nitrogens with zero attached hydrogens (tertiary/aromatic N) is 1.